The Hall–Kier alpha value is -3.18. The molecule has 9 nitrogen and oxygen atoms in total. The van der Waals surface area contributed by atoms with Gasteiger partial charge >= 0.3 is 12.1 Å². The van der Waals surface area contributed by atoms with E-state index in [9.17, 15) is 42.8 Å². The van der Waals surface area contributed by atoms with Crippen LogP contribution in [0.2, 0.25) is 0 Å². The van der Waals surface area contributed by atoms with Gasteiger partial charge in [-0.05, 0) is 35.4 Å². The van der Waals surface area contributed by atoms with Gasteiger partial charge in [-0.1, -0.05) is 46.8 Å². The molecule has 3 atom stereocenters. The van der Waals surface area contributed by atoms with Crippen molar-refractivity contribution in [2.45, 2.75) is 65.7 Å². The molecule has 0 unspecified atom stereocenters. The molecule has 0 fully saturated rings. The number of carboxylic acids is 1. The number of nitrogens with zero attached hydrogens (tertiary/aromatic N) is 1. The molecule has 0 aliphatic heterocycles. The van der Waals surface area contributed by atoms with E-state index in [2.05, 4.69) is 10.6 Å². The average Bonchev–Trinajstić information content (AvgIpc) is 2.68. The summed E-state index contributed by atoms with van der Waals surface area (Å²) in [5.41, 5.74) is -1.52. The summed E-state index contributed by atoms with van der Waals surface area (Å²) in [7, 11) is 0. The van der Waals surface area contributed by atoms with Crippen molar-refractivity contribution in [3.8, 4) is 0 Å². The summed E-state index contributed by atoms with van der Waals surface area (Å²) in [6, 6.07) is 1.19. The molecule has 3 N–H and O–H groups in total. The van der Waals surface area contributed by atoms with E-state index >= 15 is 0 Å². The standard InChI is InChI=1S/C23H32F3N3O6/c1-13(2)10-15(12-29(34)35)19(30)28-18(22(3,4)5)20(31)27-17(21(32)33)11-14-6-8-16(9-7-14)23(24,25)26/h6-9,13,15,17-18H,10-12H2,1-5H3,(H,27,31)(H,28,30)(H,32,33)/t15-,17+,18-/m1/s1. The van der Waals surface area contributed by atoms with Crippen LogP contribution in [0.1, 0.15) is 52.2 Å². The lowest BCUT2D eigenvalue weighted by Crippen LogP contribution is -2.58. The Morgan fingerprint density at radius 1 is 1.03 bits per heavy atom. The van der Waals surface area contributed by atoms with Crippen LogP contribution in [0.25, 0.3) is 0 Å². The first-order chi connectivity index (χ1) is 15.9. The van der Waals surface area contributed by atoms with Crippen LogP contribution >= 0.6 is 0 Å². The van der Waals surface area contributed by atoms with Gasteiger partial charge in [-0.25, -0.2) is 4.79 Å². The predicted molar refractivity (Wildman–Crippen MR) is 121 cm³/mol. The van der Waals surface area contributed by atoms with Crippen LogP contribution in [0, 0.1) is 27.4 Å². The zero-order valence-corrected chi connectivity index (χ0v) is 20.3. The summed E-state index contributed by atoms with van der Waals surface area (Å²) in [5, 5.41) is 25.4. The number of carbonyl (C=O) groups is 3. The molecule has 0 heterocycles. The number of amides is 2. The third kappa shape index (κ3) is 9.91. The third-order valence-corrected chi connectivity index (χ3v) is 5.25. The SMILES string of the molecule is CC(C)C[C@H](C[N+](=O)[O-])C(=O)N[C@H](C(=O)N[C@@H](Cc1ccc(C(F)(F)F)cc1)C(=O)O)C(C)(C)C. The van der Waals surface area contributed by atoms with Crippen LogP contribution in [-0.2, 0) is 27.0 Å². The second-order valence-electron chi connectivity index (χ2n) is 9.95. The predicted octanol–water partition coefficient (Wildman–Crippen LogP) is 3.29. The molecule has 1 aromatic rings. The molecule has 0 saturated carbocycles. The van der Waals surface area contributed by atoms with Crippen LogP contribution in [0.4, 0.5) is 13.2 Å². The fourth-order valence-corrected chi connectivity index (χ4v) is 3.47. The first kappa shape index (κ1) is 29.9. The van der Waals surface area contributed by atoms with Gasteiger partial charge in [0.05, 0.1) is 5.56 Å². The van der Waals surface area contributed by atoms with E-state index in [0.29, 0.717) is 0 Å². The second kappa shape index (κ2) is 12.0. The molecule has 0 aliphatic rings. The van der Waals surface area contributed by atoms with Crippen molar-refractivity contribution < 1.29 is 37.6 Å². The molecule has 0 spiro atoms. The van der Waals surface area contributed by atoms with Gasteiger partial charge in [0.2, 0.25) is 18.4 Å². The van der Waals surface area contributed by atoms with Crippen LogP contribution in [0.5, 0.6) is 0 Å². The maximum absolute atomic E-state index is 13.0. The summed E-state index contributed by atoms with van der Waals surface area (Å²) in [5.74, 6) is -3.93. The van der Waals surface area contributed by atoms with E-state index in [-0.39, 0.29) is 24.3 Å². The lowest BCUT2D eigenvalue weighted by atomic mass is 9.85. The van der Waals surface area contributed by atoms with Crippen molar-refractivity contribution in [1.29, 1.82) is 0 Å². The molecule has 0 saturated heterocycles. The third-order valence-electron chi connectivity index (χ3n) is 5.25. The van der Waals surface area contributed by atoms with Gasteiger partial charge in [0, 0.05) is 11.3 Å². The molecule has 2 amide bonds. The maximum Gasteiger partial charge on any atom is 0.416 e. The number of nitrogens with one attached hydrogen (secondary N) is 2. The van der Waals surface area contributed by atoms with Crippen LogP contribution in [0.3, 0.4) is 0 Å². The summed E-state index contributed by atoms with van der Waals surface area (Å²) in [6.45, 7) is 7.88. The normalized spacial score (nSPS) is 14.7. The first-order valence-electron chi connectivity index (χ1n) is 11.0. The van der Waals surface area contributed by atoms with E-state index < -0.39 is 64.4 Å². The van der Waals surface area contributed by atoms with Crippen LogP contribution in [-0.4, -0.2) is 46.4 Å². The van der Waals surface area contributed by atoms with E-state index in [0.717, 1.165) is 24.3 Å². The topological polar surface area (TPSA) is 139 Å². The highest BCUT2D eigenvalue weighted by Gasteiger charge is 2.37. The molecule has 0 aromatic heterocycles. The minimum Gasteiger partial charge on any atom is -0.480 e. The molecule has 0 aliphatic carbocycles. The van der Waals surface area contributed by atoms with Crippen molar-refractivity contribution in [3.05, 3.63) is 45.5 Å². The molecule has 1 aromatic carbocycles. The Morgan fingerprint density at radius 2 is 1.57 bits per heavy atom. The Kier molecular flexibility index (Phi) is 10.2. The Bertz CT molecular complexity index is 911. The zero-order valence-electron chi connectivity index (χ0n) is 20.3. The summed E-state index contributed by atoms with van der Waals surface area (Å²) in [4.78, 5) is 48.0. The van der Waals surface area contributed by atoms with Gasteiger partial charge < -0.3 is 15.7 Å². The van der Waals surface area contributed by atoms with Gasteiger partial charge in [-0.2, -0.15) is 13.2 Å². The molecule has 35 heavy (non-hydrogen) atoms. The number of benzene rings is 1. The molecular formula is C23H32F3N3O6. The number of halogens is 3. The fraction of sp³-hybridized carbons (Fsp3) is 0.609. The number of rotatable bonds is 11. The summed E-state index contributed by atoms with van der Waals surface area (Å²) < 4.78 is 38.3. The molecule has 1 rings (SSSR count). The quantitative estimate of drug-likeness (QED) is 0.313. The first-order valence-corrected chi connectivity index (χ1v) is 11.0. The van der Waals surface area contributed by atoms with Crippen molar-refractivity contribution in [1.82, 2.24) is 10.6 Å². The van der Waals surface area contributed by atoms with Gasteiger partial charge in [-0.15, -0.1) is 0 Å². The highest BCUT2D eigenvalue weighted by molar-refractivity contribution is 5.91. The molecule has 196 valence electrons. The summed E-state index contributed by atoms with van der Waals surface area (Å²) in [6.07, 6.45) is -4.61. The number of aliphatic carboxylic acids is 1. The van der Waals surface area contributed by atoms with Crippen LogP contribution in [0.15, 0.2) is 24.3 Å². The van der Waals surface area contributed by atoms with Crippen LogP contribution < -0.4 is 10.6 Å². The lowest BCUT2D eigenvalue weighted by molar-refractivity contribution is -0.486. The largest absolute Gasteiger partial charge is 0.480 e. The van der Waals surface area contributed by atoms with Gasteiger partial charge in [0.1, 0.15) is 18.0 Å². The van der Waals surface area contributed by atoms with Gasteiger partial charge in [0.25, 0.3) is 0 Å². The number of hydrogen-bond acceptors (Lipinski definition) is 5. The second-order valence-corrected chi connectivity index (χ2v) is 9.95. The highest BCUT2D eigenvalue weighted by Crippen LogP contribution is 2.29. The minimum atomic E-state index is -4.54. The Balaban J connectivity index is 3.05. The molecular weight excluding hydrogens is 471 g/mol. The van der Waals surface area contributed by atoms with Crippen molar-refractivity contribution >= 4 is 17.8 Å². The van der Waals surface area contributed by atoms with Crippen molar-refractivity contribution in [3.63, 3.8) is 0 Å². The number of nitro groups is 1. The lowest BCUT2D eigenvalue weighted by Gasteiger charge is -2.32. The van der Waals surface area contributed by atoms with E-state index in [1.54, 1.807) is 34.6 Å². The van der Waals surface area contributed by atoms with Gasteiger partial charge in [0.15, 0.2) is 0 Å². The number of carboxylic acid groups (broad SMARTS) is 1. The summed E-state index contributed by atoms with van der Waals surface area (Å²) >= 11 is 0. The average molecular weight is 504 g/mol. The molecule has 0 bridgehead atoms. The monoisotopic (exact) mass is 503 g/mol. The minimum absolute atomic E-state index is 0.0206. The number of alkyl halides is 3. The smallest absolute Gasteiger partial charge is 0.416 e. The van der Waals surface area contributed by atoms with E-state index in [1.807, 2.05) is 0 Å². The number of carbonyl (C=O) groups excluding carboxylic acids is 2. The fourth-order valence-electron chi connectivity index (χ4n) is 3.47. The zero-order chi connectivity index (χ0) is 27.1. The highest BCUT2D eigenvalue weighted by atomic mass is 19.4. The number of hydrogen-bond donors (Lipinski definition) is 3. The van der Waals surface area contributed by atoms with Crippen molar-refractivity contribution in [2.24, 2.45) is 17.3 Å². The Morgan fingerprint density at radius 3 is 1.97 bits per heavy atom. The van der Waals surface area contributed by atoms with E-state index in [4.69, 9.17) is 0 Å². The van der Waals surface area contributed by atoms with E-state index in [1.165, 1.54) is 0 Å². The van der Waals surface area contributed by atoms with Crippen molar-refractivity contribution in [2.75, 3.05) is 6.54 Å². The molecule has 0 radical (unpaired) electrons. The maximum atomic E-state index is 13.0. The van der Waals surface area contributed by atoms with Gasteiger partial charge in [-0.3, -0.25) is 19.7 Å². The molecule has 12 heteroatoms. The Labute approximate surface area is 201 Å².